The maximum atomic E-state index is 11.3. The van der Waals surface area contributed by atoms with Crippen molar-refractivity contribution in [2.24, 2.45) is 0 Å². The Morgan fingerprint density at radius 3 is 2.83 bits per heavy atom. The Balaban J connectivity index is 2.66. The lowest BCUT2D eigenvalue weighted by molar-refractivity contribution is -0.151. The Bertz CT molecular complexity index is 182. The summed E-state index contributed by atoms with van der Waals surface area (Å²) in [5, 5.41) is 0. The number of carbonyl (C=O) groups excluding carboxylic acids is 1. The summed E-state index contributed by atoms with van der Waals surface area (Å²) in [6.45, 7) is 5.15. The Kier molecular flexibility index (Phi) is 2.96. The maximum absolute atomic E-state index is 11.3. The fourth-order valence-electron chi connectivity index (χ4n) is 1.27. The van der Waals surface area contributed by atoms with E-state index in [0.717, 1.165) is 13.0 Å². The number of carbonyl (C=O) groups is 1. The van der Waals surface area contributed by atoms with E-state index in [-0.39, 0.29) is 17.3 Å². The highest BCUT2D eigenvalue weighted by Gasteiger charge is 2.33. The smallest absolute Gasteiger partial charge is 0.239 e. The number of hydrogen-bond acceptors (Lipinski definition) is 2. The molecule has 0 aromatic heterocycles. The van der Waals surface area contributed by atoms with Crippen molar-refractivity contribution < 1.29 is 9.53 Å². The van der Waals surface area contributed by atoms with Gasteiger partial charge in [0.25, 0.3) is 0 Å². The standard InChI is InChI=1S/C8H14ClNO2/c1-8(2)3-4-12-6-10(8)7(11)5-9/h3-6H2,1-2H3. The van der Waals surface area contributed by atoms with Crippen molar-refractivity contribution in [1.82, 2.24) is 4.90 Å². The van der Waals surface area contributed by atoms with Crippen molar-refractivity contribution in [2.45, 2.75) is 25.8 Å². The monoisotopic (exact) mass is 191 g/mol. The van der Waals surface area contributed by atoms with Gasteiger partial charge in [-0.05, 0) is 20.3 Å². The van der Waals surface area contributed by atoms with Crippen LogP contribution in [0.2, 0.25) is 0 Å². The first-order valence-electron chi connectivity index (χ1n) is 4.02. The minimum absolute atomic E-state index is 0.0345. The second-order valence-corrected chi connectivity index (χ2v) is 3.82. The van der Waals surface area contributed by atoms with Gasteiger partial charge in [-0.15, -0.1) is 11.6 Å². The van der Waals surface area contributed by atoms with Crippen LogP contribution in [0.5, 0.6) is 0 Å². The molecule has 0 aliphatic carbocycles. The highest BCUT2D eigenvalue weighted by atomic mass is 35.5. The van der Waals surface area contributed by atoms with E-state index in [4.69, 9.17) is 16.3 Å². The van der Waals surface area contributed by atoms with Crippen molar-refractivity contribution in [3.8, 4) is 0 Å². The molecule has 1 aliphatic rings. The molecular weight excluding hydrogens is 178 g/mol. The van der Waals surface area contributed by atoms with Crippen LogP contribution in [-0.2, 0) is 9.53 Å². The van der Waals surface area contributed by atoms with E-state index in [9.17, 15) is 4.79 Å². The van der Waals surface area contributed by atoms with E-state index < -0.39 is 0 Å². The minimum atomic E-state index is -0.107. The quantitative estimate of drug-likeness (QED) is 0.584. The van der Waals surface area contributed by atoms with Crippen molar-refractivity contribution >= 4 is 17.5 Å². The van der Waals surface area contributed by atoms with Crippen LogP contribution in [0.3, 0.4) is 0 Å². The van der Waals surface area contributed by atoms with Crippen molar-refractivity contribution in [3.63, 3.8) is 0 Å². The molecule has 1 fully saturated rings. The van der Waals surface area contributed by atoms with Gasteiger partial charge in [-0.2, -0.15) is 0 Å². The summed E-state index contributed by atoms with van der Waals surface area (Å²) in [5.74, 6) is -0.0198. The minimum Gasteiger partial charge on any atom is -0.361 e. The zero-order chi connectivity index (χ0) is 9.19. The molecule has 70 valence electrons. The van der Waals surface area contributed by atoms with E-state index in [1.807, 2.05) is 13.8 Å². The molecule has 1 aliphatic heterocycles. The Morgan fingerprint density at radius 1 is 1.67 bits per heavy atom. The van der Waals surface area contributed by atoms with Gasteiger partial charge in [0.05, 0.1) is 6.61 Å². The van der Waals surface area contributed by atoms with E-state index >= 15 is 0 Å². The van der Waals surface area contributed by atoms with Crippen LogP contribution in [0.1, 0.15) is 20.3 Å². The van der Waals surface area contributed by atoms with Gasteiger partial charge in [0.15, 0.2) is 0 Å². The van der Waals surface area contributed by atoms with E-state index in [0.29, 0.717) is 6.73 Å². The first-order chi connectivity index (χ1) is 5.58. The first-order valence-corrected chi connectivity index (χ1v) is 4.55. The summed E-state index contributed by atoms with van der Waals surface area (Å²) in [5.41, 5.74) is -0.107. The molecule has 12 heavy (non-hydrogen) atoms. The van der Waals surface area contributed by atoms with Crippen LogP contribution in [0, 0.1) is 0 Å². The molecule has 4 heteroatoms. The van der Waals surface area contributed by atoms with E-state index in [1.54, 1.807) is 4.90 Å². The average molecular weight is 192 g/mol. The topological polar surface area (TPSA) is 29.5 Å². The Hall–Kier alpha value is -0.280. The molecule has 1 saturated heterocycles. The molecule has 0 N–H and O–H groups in total. The molecule has 3 nitrogen and oxygen atoms in total. The molecule has 0 spiro atoms. The van der Waals surface area contributed by atoms with Crippen molar-refractivity contribution in [2.75, 3.05) is 19.2 Å². The van der Waals surface area contributed by atoms with Crippen LogP contribution in [0.4, 0.5) is 0 Å². The van der Waals surface area contributed by atoms with E-state index in [2.05, 4.69) is 0 Å². The van der Waals surface area contributed by atoms with Crippen LogP contribution < -0.4 is 0 Å². The van der Waals surface area contributed by atoms with Gasteiger partial charge < -0.3 is 9.64 Å². The second kappa shape index (κ2) is 3.62. The Morgan fingerprint density at radius 2 is 2.33 bits per heavy atom. The molecule has 0 bridgehead atoms. The summed E-state index contributed by atoms with van der Waals surface area (Å²) in [6, 6.07) is 0. The third-order valence-electron chi connectivity index (χ3n) is 2.22. The second-order valence-electron chi connectivity index (χ2n) is 3.56. The van der Waals surface area contributed by atoms with E-state index in [1.165, 1.54) is 0 Å². The molecule has 0 unspecified atom stereocenters. The van der Waals surface area contributed by atoms with Gasteiger partial charge in [0, 0.05) is 5.54 Å². The normalized spacial score (nSPS) is 22.4. The summed E-state index contributed by atoms with van der Waals surface area (Å²) >= 11 is 5.47. The number of rotatable bonds is 1. The fourth-order valence-corrected chi connectivity index (χ4v) is 1.41. The number of nitrogens with zero attached hydrogens (tertiary/aromatic N) is 1. The average Bonchev–Trinajstić information content (AvgIpc) is 2.02. The van der Waals surface area contributed by atoms with Crippen LogP contribution in [0.15, 0.2) is 0 Å². The lowest BCUT2D eigenvalue weighted by Gasteiger charge is -2.41. The molecule has 0 aromatic rings. The highest BCUT2D eigenvalue weighted by Crippen LogP contribution is 2.23. The number of alkyl halides is 1. The number of ether oxygens (including phenoxy) is 1. The van der Waals surface area contributed by atoms with Crippen molar-refractivity contribution in [3.05, 3.63) is 0 Å². The van der Waals surface area contributed by atoms with Gasteiger partial charge in [-0.3, -0.25) is 4.79 Å². The maximum Gasteiger partial charge on any atom is 0.239 e. The largest absolute Gasteiger partial charge is 0.361 e. The third-order valence-corrected chi connectivity index (χ3v) is 2.45. The Labute approximate surface area is 77.6 Å². The summed E-state index contributed by atoms with van der Waals surface area (Å²) in [6.07, 6.45) is 0.871. The number of hydrogen-bond donors (Lipinski definition) is 0. The molecule has 1 heterocycles. The summed E-state index contributed by atoms with van der Waals surface area (Å²) in [4.78, 5) is 13.0. The SMILES string of the molecule is CC1(C)CCOCN1C(=O)CCl. The van der Waals surface area contributed by atoms with Crippen LogP contribution in [0.25, 0.3) is 0 Å². The third kappa shape index (κ3) is 1.90. The molecule has 1 amide bonds. The van der Waals surface area contributed by atoms with Crippen LogP contribution in [-0.4, -0.2) is 35.6 Å². The van der Waals surface area contributed by atoms with Gasteiger partial charge in [-0.25, -0.2) is 0 Å². The zero-order valence-corrected chi connectivity index (χ0v) is 8.23. The predicted octanol–water partition coefficient (Wildman–Crippen LogP) is 1.21. The van der Waals surface area contributed by atoms with Gasteiger partial charge in [0.1, 0.15) is 12.6 Å². The molecule has 1 rings (SSSR count). The molecule has 0 saturated carbocycles. The van der Waals surface area contributed by atoms with Gasteiger partial charge in [0.2, 0.25) is 5.91 Å². The molecule has 0 radical (unpaired) electrons. The molecular formula is C8H14ClNO2. The van der Waals surface area contributed by atoms with Crippen molar-refractivity contribution in [1.29, 1.82) is 0 Å². The summed E-state index contributed by atoms with van der Waals surface area (Å²) < 4.78 is 5.19. The lowest BCUT2D eigenvalue weighted by Crippen LogP contribution is -2.53. The fraction of sp³-hybridized carbons (Fsp3) is 0.875. The summed E-state index contributed by atoms with van der Waals surface area (Å²) in [7, 11) is 0. The lowest BCUT2D eigenvalue weighted by atomic mass is 9.98. The van der Waals surface area contributed by atoms with Crippen LogP contribution >= 0.6 is 11.6 Å². The van der Waals surface area contributed by atoms with Gasteiger partial charge in [-0.1, -0.05) is 0 Å². The zero-order valence-electron chi connectivity index (χ0n) is 7.47. The number of halogens is 1. The van der Waals surface area contributed by atoms with Gasteiger partial charge >= 0.3 is 0 Å². The highest BCUT2D eigenvalue weighted by molar-refractivity contribution is 6.27. The predicted molar refractivity (Wildman–Crippen MR) is 47.1 cm³/mol. The number of amides is 1. The molecule has 0 atom stereocenters. The first kappa shape index (κ1) is 9.81. The molecule has 0 aromatic carbocycles.